The number of aliphatic hydroxyl groups is 2. The smallest absolute Gasteiger partial charge is 0.242 e. The maximum absolute atomic E-state index is 13.1. The van der Waals surface area contributed by atoms with Gasteiger partial charge in [0.2, 0.25) is 6.43 Å². The Balaban J connectivity index is 1.45. The van der Waals surface area contributed by atoms with Gasteiger partial charge in [-0.05, 0) is 85.8 Å². The van der Waals surface area contributed by atoms with Crippen LogP contribution in [0.3, 0.4) is 0 Å². The van der Waals surface area contributed by atoms with E-state index in [2.05, 4.69) is 37.5 Å². The second-order valence-corrected chi connectivity index (χ2v) is 11.8. The van der Waals surface area contributed by atoms with Crippen LogP contribution in [0.4, 0.5) is 8.78 Å². The first-order valence-electron chi connectivity index (χ1n) is 13.1. The van der Waals surface area contributed by atoms with E-state index in [0.29, 0.717) is 37.1 Å². The van der Waals surface area contributed by atoms with Gasteiger partial charge in [0.15, 0.2) is 0 Å². The first-order valence-corrected chi connectivity index (χ1v) is 13.1. The Morgan fingerprint density at radius 3 is 2.67 bits per heavy atom. The third-order valence-electron chi connectivity index (χ3n) is 9.74. The maximum atomic E-state index is 13.1. The summed E-state index contributed by atoms with van der Waals surface area (Å²) in [5.74, 6) is 1.08. The van der Waals surface area contributed by atoms with Crippen LogP contribution in [0.2, 0.25) is 0 Å². The van der Waals surface area contributed by atoms with E-state index in [4.69, 9.17) is 0 Å². The molecule has 0 radical (unpaired) electrons. The number of hydrogen-bond acceptors (Lipinski definition) is 3. The SMILES string of the molecule is C=C1/C(=C\C=C2/CCC[C@]3(C)[C@@H]([C@H](C)CN4CC[C@@H](C(F)F)C4)CC[C@@H]23)C[C@@H](O)[C@H](C)[C@@H]1O. The molecule has 0 bridgehead atoms. The lowest BCUT2D eigenvalue weighted by Crippen LogP contribution is -2.39. The van der Waals surface area contributed by atoms with Crippen molar-refractivity contribution in [1.29, 1.82) is 0 Å². The fourth-order valence-electron chi connectivity index (χ4n) is 7.63. The van der Waals surface area contributed by atoms with Gasteiger partial charge in [-0.2, -0.15) is 0 Å². The van der Waals surface area contributed by atoms with Crippen LogP contribution in [0.1, 0.15) is 65.7 Å². The molecule has 0 aromatic carbocycles. The molecule has 5 heteroatoms. The Bertz CT molecular complexity index is 793. The predicted molar refractivity (Wildman–Crippen MR) is 129 cm³/mol. The highest BCUT2D eigenvalue weighted by molar-refractivity contribution is 5.39. The van der Waals surface area contributed by atoms with Crippen LogP contribution in [0.5, 0.6) is 0 Å². The van der Waals surface area contributed by atoms with Crippen molar-refractivity contribution in [2.75, 3.05) is 19.6 Å². The summed E-state index contributed by atoms with van der Waals surface area (Å²) in [6, 6.07) is 0. The van der Waals surface area contributed by atoms with E-state index < -0.39 is 24.6 Å². The first kappa shape index (κ1) is 25.1. The Hall–Kier alpha value is -1.04. The average Bonchev–Trinajstić information content (AvgIpc) is 3.38. The molecule has 186 valence electrons. The Morgan fingerprint density at radius 2 is 1.97 bits per heavy atom. The van der Waals surface area contributed by atoms with Gasteiger partial charge in [-0.1, -0.05) is 45.1 Å². The van der Waals surface area contributed by atoms with Gasteiger partial charge in [0.05, 0.1) is 12.2 Å². The molecule has 3 saturated carbocycles. The molecule has 3 nitrogen and oxygen atoms in total. The van der Waals surface area contributed by atoms with Crippen LogP contribution in [0.15, 0.2) is 35.5 Å². The van der Waals surface area contributed by atoms with Crippen molar-refractivity contribution in [2.45, 2.75) is 84.4 Å². The maximum Gasteiger partial charge on any atom is 0.242 e. The fraction of sp³-hybridized carbons (Fsp3) is 0.786. The van der Waals surface area contributed by atoms with Crippen LogP contribution in [0.25, 0.3) is 0 Å². The fourth-order valence-corrected chi connectivity index (χ4v) is 7.63. The topological polar surface area (TPSA) is 43.7 Å². The zero-order chi connectivity index (χ0) is 23.9. The van der Waals surface area contributed by atoms with Gasteiger partial charge in [-0.15, -0.1) is 0 Å². The molecule has 1 saturated heterocycles. The molecule has 2 N–H and O–H groups in total. The Labute approximate surface area is 198 Å². The highest BCUT2D eigenvalue weighted by Crippen LogP contribution is 2.59. The van der Waals surface area contributed by atoms with Gasteiger partial charge in [0, 0.05) is 24.9 Å². The van der Waals surface area contributed by atoms with Crippen LogP contribution in [-0.4, -0.2) is 53.4 Å². The molecular formula is C28H43F2NO2. The molecule has 8 atom stereocenters. The molecule has 4 aliphatic rings. The number of likely N-dealkylation sites (tertiary alicyclic amines) is 1. The van der Waals surface area contributed by atoms with E-state index in [1.54, 1.807) is 0 Å². The second kappa shape index (κ2) is 9.91. The third-order valence-corrected chi connectivity index (χ3v) is 9.74. The average molecular weight is 464 g/mol. The van der Waals surface area contributed by atoms with Crippen molar-refractivity contribution in [3.63, 3.8) is 0 Å². The van der Waals surface area contributed by atoms with Gasteiger partial charge in [0.1, 0.15) is 0 Å². The minimum Gasteiger partial charge on any atom is -0.392 e. The Morgan fingerprint density at radius 1 is 1.21 bits per heavy atom. The molecule has 1 aliphatic heterocycles. The molecule has 3 aliphatic carbocycles. The van der Waals surface area contributed by atoms with Gasteiger partial charge >= 0.3 is 0 Å². The molecule has 33 heavy (non-hydrogen) atoms. The summed E-state index contributed by atoms with van der Waals surface area (Å²) in [4.78, 5) is 2.27. The highest BCUT2D eigenvalue weighted by atomic mass is 19.3. The minimum absolute atomic E-state index is 0.177. The quantitative estimate of drug-likeness (QED) is 0.558. The van der Waals surface area contributed by atoms with Crippen molar-refractivity contribution in [2.24, 2.45) is 35.0 Å². The van der Waals surface area contributed by atoms with Gasteiger partial charge in [-0.3, -0.25) is 0 Å². The second-order valence-electron chi connectivity index (χ2n) is 11.8. The normalized spacial score (nSPS) is 43.6. The van der Waals surface area contributed by atoms with E-state index in [-0.39, 0.29) is 11.3 Å². The van der Waals surface area contributed by atoms with Crippen molar-refractivity contribution in [1.82, 2.24) is 4.90 Å². The van der Waals surface area contributed by atoms with Crippen LogP contribution in [-0.2, 0) is 0 Å². The Kier molecular flexibility index (Phi) is 7.53. The summed E-state index contributed by atoms with van der Waals surface area (Å²) < 4.78 is 26.2. The monoisotopic (exact) mass is 463 g/mol. The predicted octanol–water partition coefficient (Wildman–Crippen LogP) is 5.60. The van der Waals surface area contributed by atoms with E-state index in [1.165, 1.54) is 31.3 Å². The number of nitrogens with zero attached hydrogens (tertiary/aromatic N) is 1. The number of hydrogen-bond donors (Lipinski definition) is 2. The summed E-state index contributed by atoms with van der Waals surface area (Å²) in [5, 5.41) is 20.7. The number of allylic oxidation sites excluding steroid dienone is 3. The van der Waals surface area contributed by atoms with Crippen LogP contribution >= 0.6 is 0 Å². The van der Waals surface area contributed by atoms with Gasteiger partial charge in [0.25, 0.3) is 0 Å². The molecule has 0 aromatic rings. The summed E-state index contributed by atoms with van der Waals surface area (Å²) in [5.41, 5.74) is 3.48. The van der Waals surface area contributed by atoms with Gasteiger partial charge in [-0.25, -0.2) is 8.78 Å². The largest absolute Gasteiger partial charge is 0.392 e. The first-order chi connectivity index (χ1) is 15.6. The lowest BCUT2D eigenvalue weighted by atomic mass is 9.61. The molecular weight excluding hydrogens is 420 g/mol. The van der Waals surface area contributed by atoms with Crippen molar-refractivity contribution in [3.05, 3.63) is 35.5 Å². The molecule has 0 unspecified atom stereocenters. The van der Waals surface area contributed by atoms with E-state index in [0.717, 1.165) is 30.7 Å². The summed E-state index contributed by atoms with van der Waals surface area (Å²) >= 11 is 0. The summed E-state index contributed by atoms with van der Waals surface area (Å²) in [6.45, 7) is 13.1. The molecule has 4 rings (SSSR count). The van der Waals surface area contributed by atoms with Crippen molar-refractivity contribution in [3.8, 4) is 0 Å². The molecule has 1 heterocycles. The van der Waals surface area contributed by atoms with Crippen LogP contribution < -0.4 is 0 Å². The van der Waals surface area contributed by atoms with E-state index >= 15 is 0 Å². The van der Waals surface area contributed by atoms with Crippen molar-refractivity contribution < 1.29 is 19.0 Å². The minimum atomic E-state index is -2.19. The number of rotatable bonds is 5. The van der Waals surface area contributed by atoms with Crippen LogP contribution in [0, 0.1) is 35.0 Å². The standard InChI is InChI=1S/C28H43F2NO2/c1-17(15-31-13-11-22(16-31)27(29)30)23-9-10-24-20(6-5-12-28(23,24)4)7-8-21-14-25(32)19(3)26(33)18(21)2/h7-8,17,19,22-27,32-33H,2,5-6,9-16H2,1,3-4H3/b20-7+,21-8-/t17-,19+,22-,23-,24+,25-,26-,28-/m1/s1. The number of alkyl halides is 2. The summed E-state index contributed by atoms with van der Waals surface area (Å²) in [7, 11) is 0. The molecule has 0 aromatic heterocycles. The lowest BCUT2D eigenvalue weighted by molar-refractivity contribution is 0.0283. The van der Waals surface area contributed by atoms with Gasteiger partial charge < -0.3 is 15.1 Å². The highest BCUT2D eigenvalue weighted by Gasteiger charge is 2.51. The molecule has 0 spiro atoms. The zero-order valence-corrected chi connectivity index (χ0v) is 20.6. The zero-order valence-electron chi connectivity index (χ0n) is 20.6. The summed E-state index contributed by atoms with van der Waals surface area (Å²) in [6.07, 6.45) is 8.10. The van der Waals surface area contributed by atoms with E-state index in [9.17, 15) is 19.0 Å². The number of halogens is 2. The van der Waals surface area contributed by atoms with Crippen molar-refractivity contribution >= 4 is 0 Å². The number of fused-ring (bicyclic) bond motifs is 1. The van der Waals surface area contributed by atoms with E-state index in [1.807, 2.05) is 6.92 Å². The lowest BCUT2D eigenvalue weighted by Gasteiger charge is -2.45. The third kappa shape index (κ3) is 4.88. The molecule has 4 fully saturated rings. The molecule has 0 amide bonds. The number of aliphatic hydroxyl groups excluding tert-OH is 2.